The molecule has 43 heavy (non-hydrogen) atoms. The molecule has 0 bridgehead atoms. The molecule has 2 aliphatic carbocycles. The molecule has 3 aromatic rings. The van der Waals surface area contributed by atoms with Gasteiger partial charge in [0.2, 0.25) is 5.91 Å². The largest absolute Gasteiger partial charge is 0.490 e. The van der Waals surface area contributed by atoms with E-state index in [2.05, 4.69) is 5.32 Å². The van der Waals surface area contributed by atoms with Gasteiger partial charge in [-0.15, -0.1) is 0 Å². The van der Waals surface area contributed by atoms with Crippen molar-refractivity contribution in [3.05, 3.63) is 75.7 Å². The van der Waals surface area contributed by atoms with Gasteiger partial charge < -0.3 is 30.0 Å². The van der Waals surface area contributed by atoms with Crippen LogP contribution in [0.2, 0.25) is 0 Å². The lowest BCUT2D eigenvalue weighted by atomic mass is 9.92. The number of nitrogens with one attached hydrogen (secondary N) is 1. The Morgan fingerprint density at radius 2 is 1.70 bits per heavy atom. The molecule has 0 saturated heterocycles. The van der Waals surface area contributed by atoms with Gasteiger partial charge in [-0.1, -0.05) is 31.2 Å². The SMILES string of the molecule is Cc1cccc(C)c1Oc1ccc(CN(C)C(N)=O)cc1-c1cn(C)c(=O)cc1OC1CCC(NC(=O)C2(C)CC2)CC1. The van der Waals surface area contributed by atoms with Crippen molar-refractivity contribution in [2.24, 2.45) is 18.2 Å². The number of urea groups is 1. The molecule has 2 aliphatic rings. The van der Waals surface area contributed by atoms with Crippen molar-refractivity contribution in [1.29, 1.82) is 0 Å². The van der Waals surface area contributed by atoms with Crippen molar-refractivity contribution >= 4 is 11.9 Å². The summed E-state index contributed by atoms with van der Waals surface area (Å²) < 4.78 is 14.6. The topological polar surface area (TPSA) is 116 Å². The number of benzene rings is 2. The van der Waals surface area contributed by atoms with Gasteiger partial charge in [0.05, 0.1) is 6.10 Å². The maximum Gasteiger partial charge on any atom is 0.314 e. The predicted molar refractivity (Wildman–Crippen MR) is 166 cm³/mol. The van der Waals surface area contributed by atoms with Gasteiger partial charge >= 0.3 is 6.03 Å². The third-order valence-corrected chi connectivity index (χ3v) is 8.79. The Morgan fingerprint density at radius 1 is 1.02 bits per heavy atom. The number of nitrogens with two attached hydrogens (primary N) is 1. The second-order valence-electron chi connectivity index (χ2n) is 12.5. The molecule has 2 fully saturated rings. The van der Waals surface area contributed by atoms with Crippen molar-refractivity contribution in [1.82, 2.24) is 14.8 Å². The minimum absolute atomic E-state index is 0.0947. The number of aromatic nitrogens is 1. The number of nitrogens with zero attached hydrogens (tertiary/aromatic N) is 2. The molecule has 1 heterocycles. The highest BCUT2D eigenvalue weighted by molar-refractivity contribution is 5.85. The number of rotatable bonds is 9. The summed E-state index contributed by atoms with van der Waals surface area (Å²) >= 11 is 0. The first-order valence-electron chi connectivity index (χ1n) is 15.0. The average molecular weight is 587 g/mol. The quantitative estimate of drug-likeness (QED) is 0.340. The number of primary amides is 1. The van der Waals surface area contributed by atoms with Crippen LogP contribution in [0.5, 0.6) is 17.2 Å². The highest BCUT2D eigenvalue weighted by Crippen LogP contribution is 2.45. The van der Waals surface area contributed by atoms with Gasteiger partial charge in [0, 0.05) is 55.5 Å². The second kappa shape index (κ2) is 12.1. The minimum atomic E-state index is -0.526. The van der Waals surface area contributed by atoms with Crippen molar-refractivity contribution in [2.45, 2.75) is 78.0 Å². The number of pyridine rings is 1. The molecule has 2 aromatic carbocycles. The number of carbonyl (C=O) groups is 2. The summed E-state index contributed by atoms with van der Waals surface area (Å²) in [7, 11) is 3.36. The van der Waals surface area contributed by atoms with Gasteiger partial charge in [-0.3, -0.25) is 9.59 Å². The van der Waals surface area contributed by atoms with E-state index in [4.69, 9.17) is 15.2 Å². The molecule has 2 saturated carbocycles. The molecule has 228 valence electrons. The predicted octanol–water partition coefficient (Wildman–Crippen LogP) is 5.58. The van der Waals surface area contributed by atoms with Crippen LogP contribution in [0, 0.1) is 19.3 Å². The van der Waals surface area contributed by atoms with E-state index in [0.29, 0.717) is 23.6 Å². The third kappa shape index (κ3) is 6.87. The third-order valence-electron chi connectivity index (χ3n) is 8.79. The van der Waals surface area contributed by atoms with Crippen molar-refractivity contribution < 1.29 is 19.1 Å². The highest BCUT2D eigenvalue weighted by Gasteiger charge is 2.45. The molecule has 3 amide bonds. The van der Waals surface area contributed by atoms with E-state index < -0.39 is 6.03 Å². The zero-order valence-electron chi connectivity index (χ0n) is 25.7. The van der Waals surface area contributed by atoms with Crippen LogP contribution in [0.3, 0.4) is 0 Å². The summed E-state index contributed by atoms with van der Waals surface area (Å²) in [6, 6.07) is 12.9. The highest BCUT2D eigenvalue weighted by atomic mass is 16.5. The monoisotopic (exact) mass is 586 g/mol. The van der Waals surface area contributed by atoms with Crippen molar-refractivity contribution in [3.63, 3.8) is 0 Å². The van der Waals surface area contributed by atoms with Gasteiger partial charge in [0.1, 0.15) is 17.2 Å². The lowest BCUT2D eigenvalue weighted by molar-refractivity contribution is -0.126. The maximum atomic E-state index is 12.8. The summed E-state index contributed by atoms with van der Waals surface area (Å²) in [5.41, 5.74) is 9.44. The second-order valence-corrected chi connectivity index (χ2v) is 12.5. The zero-order chi connectivity index (χ0) is 30.9. The van der Waals surface area contributed by atoms with Gasteiger partial charge in [-0.25, -0.2) is 4.79 Å². The van der Waals surface area contributed by atoms with E-state index in [1.54, 1.807) is 20.3 Å². The smallest absolute Gasteiger partial charge is 0.314 e. The molecular formula is C34H42N4O5. The van der Waals surface area contributed by atoms with Gasteiger partial charge in [-0.2, -0.15) is 0 Å². The Kier molecular flexibility index (Phi) is 8.53. The first kappa shape index (κ1) is 30.2. The van der Waals surface area contributed by atoms with Crippen LogP contribution in [-0.2, 0) is 18.4 Å². The summed E-state index contributed by atoms with van der Waals surface area (Å²) in [5.74, 6) is 2.00. The number of aryl methyl sites for hydroxylation is 3. The first-order valence-corrected chi connectivity index (χ1v) is 15.0. The molecule has 9 heteroatoms. The van der Waals surface area contributed by atoms with Gasteiger partial charge in [0.15, 0.2) is 0 Å². The fourth-order valence-corrected chi connectivity index (χ4v) is 5.59. The first-order chi connectivity index (χ1) is 20.4. The summed E-state index contributed by atoms with van der Waals surface area (Å²) in [6.45, 7) is 6.34. The fourth-order valence-electron chi connectivity index (χ4n) is 5.59. The number of ether oxygens (including phenoxy) is 2. The minimum Gasteiger partial charge on any atom is -0.490 e. The maximum absolute atomic E-state index is 12.8. The Morgan fingerprint density at radius 3 is 2.33 bits per heavy atom. The molecule has 0 radical (unpaired) electrons. The fraction of sp³-hybridized carbons (Fsp3) is 0.441. The van der Waals surface area contributed by atoms with Crippen LogP contribution in [0.15, 0.2) is 53.5 Å². The van der Waals surface area contributed by atoms with Gasteiger partial charge in [0.25, 0.3) is 5.56 Å². The van der Waals surface area contributed by atoms with E-state index in [1.807, 2.05) is 57.2 Å². The molecule has 3 N–H and O–H groups in total. The average Bonchev–Trinajstić information content (AvgIpc) is 3.72. The number of amides is 3. The van der Waals surface area contributed by atoms with E-state index >= 15 is 0 Å². The molecule has 0 spiro atoms. The number of carbonyl (C=O) groups excluding carboxylic acids is 2. The molecular weight excluding hydrogens is 544 g/mol. The normalized spacial score (nSPS) is 18.9. The summed E-state index contributed by atoms with van der Waals surface area (Å²) in [4.78, 5) is 38.6. The Labute approximate surface area is 253 Å². The molecule has 0 unspecified atom stereocenters. The van der Waals surface area contributed by atoms with E-state index in [0.717, 1.165) is 66.5 Å². The molecule has 1 aromatic heterocycles. The van der Waals surface area contributed by atoms with Crippen LogP contribution in [0.25, 0.3) is 11.1 Å². The van der Waals surface area contributed by atoms with Crippen LogP contribution < -0.4 is 26.1 Å². The van der Waals surface area contributed by atoms with Crippen LogP contribution in [0.4, 0.5) is 4.79 Å². The van der Waals surface area contributed by atoms with Crippen molar-refractivity contribution in [3.8, 4) is 28.4 Å². The van der Waals surface area contributed by atoms with E-state index in [-0.39, 0.29) is 29.0 Å². The molecule has 0 atom stereocenters. The number of para-hydroxylation sites is 1. The number of hydrogen-bond acceptors (Lipinski definition) is 5. The lowest BCUT2D eigenvalue weighted by Gasteiger charge is -2.31. The Balaban J connectivity index is 1.46. The standard InChI is InChI=1S/C34H42N4O5/c1-21-7-6-8-22(2)31(21)43-28-14-9-23(19-38(5)33(35)41)17-26(28)27-20-37(4)30(39)18-29(27)42-25-12-10-24(11-13-25)36-32(40)34(3)15-16-34/h6-9,14,17-18,20,24-25H,10-13,15-16,19H2,1-5H3,(H2,35,41)(H,36,40). The summed E-state index contributed by atoms with van der Waals surface area (Å²) in [5, 5.41) is 3.23. The van der Waals surface area contributed by atoms with Gasteiger partial charge in [-0.05, 0) is 81.2 Å². The van der Waals surface area contributed by atoms with Crippen molar-refractivity contribution in [2.75, 3.05) is 7.05 Å². The Bertz CT molecular complexity index is 1560. The van der Waals surface area contributed by atoms with Crippen LogP contribution >= 0.6 is 0 Å². The molecule has 9 nitrogen and oxygen atoms in total. The molecule has 5 rings (SSSR count). The van der Waals surface area contributed by atoms with Crippen LogP contribution in [-0.4, -0.2) is 40.6 Å². The number of hydrogen-bond donors (Lipinski definition) is 2. The van der Waals surface area contributed by atoms with Crippen LogP contribution in [0.1, 0.15) is 62.1 Å². The van der Waals surface area contributed by atoms with E-state index in [1.165, 1.54) is 15.5 Å². The molecule has 0 aliphatic heterocycles. The summed E-state index contributed by atoms with van der Waals surface area (Å²) in [6.07, 6.45) is 6.77. The Hall–Kier alpha value is -4.27. The zero-order valence-corrected chi connectivity index (χ0v) is 25.7. The lowest BCUT2D eigenvalue weighted by Crippen LogP contribution is -2.42. The van der Waals surface area contributed by atoms with E-state index in [9.17, 15) is 14.4 Å².